The summed E-state index contributed by atoms with van der Waals surface area (Å²) in [7, 11) is 0. The maximum absolute atomic E-state index is 8.74. The van der Waals surface area contributed by atoms with E-state index in [1.54, 1.807) is 24.4 Å². The van der Waals surface area contributed by atoms with Gasteiger partial charge in [-0.2, -0.15) is 10.4 Å². The Kier molecular flexibility index (Phi) is 3.17. The van der Waals surface area contributed by atoms with Crippen LogP contribution in [-0.2, 0) is 6.54 Å². The molecule has 4 N–H and O–H groups in total. The zero-order chi connectivity index (χ0) is 12.3. The number of halogens is 1. The summed E-state index contributed by atoms with van der Waals surface area (Å²) in [6.45, 7) is 0.546. The molecule has 0 bridgehead atoms. The molecule has 0 fully saturated rings. The van der Waals surface area contributed by atoms with E-state index in [9.17, 15) is 0 Å². The van der Waals surface area contributed by atoms with Crippen LogP contribution in [-0.4, -0.2) is 10.2 Å². The van der Waals surface area contributed by atoms with Crippen LogP contribution in [0.4, 0.5) is 11.5 Å². The summed E-state index contributed by atoms with van der Waals surface area (Å²) in [5.74, 6) is 0.539. The van der Waals surface area contributed by atoms with E-state index < -0.39 is 0 Å². The first-order valence-corrected chi connectivity index (χ1v) is 5.29. The van der Waals surface area contributed by atoms with Gasteiger partial charge in [0.1, 0.15) is 11.9 Å². The Labute approximate surface area is 103 Å². The molecule has 0 spiro atoms. The van der Waals surface area contributed by atoms with Gasteiger partial charge in [-0.25, -0.2) is 0 Å². The molecular weight excluding hydrogens is 238 g/mol. The molecule has 0 aliphatic carbocycles. The lowest BCUT2D eigenvalue weighted by Crippen LogP contribution is -2.01. The van der Waals surface area contributed by atoms with Crippen LogP contribution in [0.2, 0.25) is 5.02 Å². The van der Waals surface area contributed by atoms with Crippen LogP contribution in [0.5, 0.6) is 0 Å². The molecule has 0 unspecified atom stereocenters. The predicted molar refractivity (Wildman–Crippen MR) is 66.5 cm³/mol. The number of rotatable bonds is 3. The van der Waals surface area contributed by atoms with Crippen LogP contribution in [0.3, 0.4) is 0 Å². The van der Waals surface area contributed by atoms with E-state index in [2.05, 4.69) is 15.5 Å². The molecule has 2 aromatic rings. The second-order valence-corrected chi connectivity index (χ2v) is 3.88. The third kappa shape index (κ3) is 2.49. The molecule has 1 aromatic carbocycles. The number of hydrogen-bond acceptors (Lipinski definition) is 4. The van der Waals surface area contributed by atoms with Crippen LogP contribution >= 0.6 is 11.6 Å². The Bertz CT molecular complexity index is 569. The lowest BCUT2D eigenvalue weighted by molar-refractivity contribution is 1.10. The molecule has 0 saturated heterocycles. The third-order valence-corrected chi connectivity index (χ3v) is 2.64. The predicted octanol–water partition coefficient (Wildman–Crippen LogP) is 2.13. The van der Waals surface area contributed by atoms with E-state index in [0.717, 1.165) is 11.3 Å². The molecule has 86 valence electrons. The molecule has 2 rings (SSSR count). The number of aromatic nitrogens is 2. The highest BCUT2D eigenvalue weighted by Crippen LogP contribution is 2.21. The van der Waals surface area contributed by atoms with Gasteiger partial charge in [0.15, 0.2) is 0 Å². The Hall–Kier alpha value is -2.19. The summed E-state index contributed by atoms with van der Waals surface area (Å²) < 4.78 is 0. The molecule has 5 nitrogen and oxygen atoms in total. The molecule has 17 heavy (non-hydrogen) atoms. The van der Waals surface area contributed by atoms with Gasteiger partial charge >= 0.3 is 0 Å². The Morgan fingerprint density at radius 1 is 1.53 bits per heavy atom. The maximum atomic E-state index is 8.74. The van der Waals surface area contributed by atoms with Crippen molar-refractivity contribution < 1.29 is 0 Å². The van der Waals surface area contributed by atoms with E-state index in [0.29, 0.717) is 22.9 Å². The topological polar surface area (TPSA) is 90.5 Å². The standard InChI is InChI=1S/C11H10ClN5/c12-10-3-9(2-1-7(10)4-13)15-5-8-6-16-17-11(8)14/h1-3,6,15H,5H2,(H3,14,16,17). The number of nitrogens with two attached hydrogens (primary N) is 1. The summed E-state index contributed by atoms with van der Waals surface area (Å²) in [4.78, 5) is 0. The first-order valence-electron chi connectivity index (χ1n) is 4.92. The minimum absolute atomic E-state index is 0.428. The highest BCUT2D eigenvalue weighted by atomic mass is 35.5. The molecule has 0 radical (unpaired) electrons. The molecule has 1 aromatic heterocycles. The lowest BCUT2D eigenvalue weighted by atomic mass is 10.2. The molecule has 0 aliphatic rings. The lowest BCUT2D eigenvalue weighted by Gasteiger charge is -2.06. The maximum Gasteiger partial charge on any atom is 0.123 e. The molecular formula is C11H10ClN5. The summed E-state index contributed by atoms with van der Waals surface area (Å²) in [6, 6.07) is 7.17. The van der Waals surface area contributed by atoms with E-state index >= 15 is 0 Å². The number of nitrogen functional groups attached to an aromatic ring is 1. The fourth-order valence-corrected chi connectivity index (χ4v) is 1.60. The van der Waals surface area contributed by atoms with E-state index in [1.165, 1.54) is 0 Å². The first kappa shape index (κ1) is 11.3. The average molecular weight is 248 g/mol. The summed E-state index contributed by atoms with van der Waals surface area (Å²) >= 11 is 5.92. The van der Waals surface area contributed by atoms with Crippen LogP contribution < -0.4 is 11.1 Å². The van der Waals surface area contributed by atoms with Gasteiger partial charge in [-0.3, -0.25) is 5.10 Å². The Morgan fingerprint density at radius 3 is 2.94 bits per heavy atom. The van der Waals surface area contributed by atoms with Crippen molar-refractivity contribution in [3.05, 3.63) is 40.5 Å². The number of H-pyrrole nitrogens is 1. The van der Waals surface area contributed by atoms with Crippen LogP contribution in [0.1, 0.15) is 11.1 Å². The van der Waals surface area contributed by atoms with Crippen molar-refractivity contribution in [1.29, 1.82) is 5.26 Å². The third-order valence-electron chi connectivity index (χ3n) is 2.32. The van der Waals surface area contributed by atoms with Crippen LogP contribution in [0.15, 0.2) is 24.4 Å². The van der Waals surface area contributed by atoms with E-state index in [-0.39, 0.29) is 0 Å². The van der Waals surface area contributed by atoms with Crippen molar-refractivity contribution >= 4 is 23.1 Å². The highest BCUT2D eigenvalue weighted by molar-refractivity contribution is 6.32. The van der Waals surface area contributed by atoms with Gasteiger partial charge in [0.2, 0.25) is 0 Å². The highest BCUT2D eigenvalue weighted by Gasteiger charge is 2.03. The summed E-state index contributed by atoms with van der Waals surface area (Å²) in [5, 5.41) is 18.8. The number of benzene rings is 1. The monoisotopic (exact) mass is 247 g/mol. The van der Waals surface area contributed by atoms with Crippen LogP contribution in [0, 0.1) is 11.3 Å². The number of nitriles is 1. The minimum Gasteiger partial charge on any atom is -0.384 e. The van der Waals surface area contributed by atoms with Crippen molar-refractivity contribution in [3.63, 3.8) is 0 Å². The number of nitrogens with one attached hydrogen (secondary N) is 2. The van der Waals surface area contributed by atoms with Crippen molar-refractivity contribution in [2.45, 2.75) is 6.54 Å². The van der Waals surface area contributed by atoms with Crippen molar-refractivity contribution in [3.8, 4) is 6.07 Å². The summed E-state index contributed by atoms with van der Waals surface area (Å²) in [6.07, 6.45) is 1.66. The second-order valence-electron chi connectivity index (χ2n) is 3.47. The summed E-state index contributed by atoms with van der Waals surface area (Å²) in [5.41, 5.74) is 7.82. The Balaban J connectivity index is 2.08. The first-order chi connectivity index (χ1) is 8.20. The minimum atomic E-state index is 0.428. The molecule has 0 atom stereocenters. The Morgan fingerprint density at radius 2 is 2.35 bits per heavy atom. The number of anilines is 2. The van der Waals surface area contributed by atoms with Crippen molar-refractivity contribution in [2.24, 2.45) is 0 Å². The van der Waals surface area contributed by atoms with Gasteiger partial charge in [-0.05, 0) is 18.2 Å². The van der Waals surface area contributed by atoms with Crippen molar-refractivity contribution in [1.82, 2.24) is 10.2 Å². The van der Waals surface area contributed by atoms with Crippen LogP contribution in [0.25, 0.3) is 0 Å². The molecule has 0 amide bonds. The number of hydrogen-bond donors (Lipinski definition) is 3. The quantitative estimate of drug-likeness (QED) is 0.775. The van der Waals surface area contributed by atoms with Crippen molar-refractivity contribution in [2.75, 3.05) is 11.1 Å². The van der Waals surface area contributed by atoms with Gasteiger partial charge in [0.25, 0.3) is 0 Å². The largest absolute Gasteiger partial charge is 0.384 e. The average Bonchev–Trinajstić information content (AvgIpc) is 2.72. The number of aromatic amines is 1. The normalized spacial score (nSPS) is 9.88. The van der Waals surface area contributed by atoms with E-state index in [1.807, 2.05) is 6.07 Å². The molecule has 1 heterocycles. The second kappa shape index (κ2) is 4.76. The fourth-order valence-electron chi connectivity index (χ4n) is 1.37. The van der Waals surface area contributed by atoms with E-state index in [4.69, 9.17) is 22.6 Å². The zero-order valence-corrected chi connectivity index (χ0v) is 9.62. The van der Waals surface area contributed by atoms with Gasteiger partial charge in [0, 0.05) is 17.8 Å². The van der Waals surface area contributed by atoms with Gasteiger partial charge < -0.3 is 11.1 Å². The molecule has 0 saturated carbocycles. The smallest absolute Gasteiger partial charge is 0.123 e. The number of nitrogens with zero attached hydrogens (tertiary/aromatic N) is 2. The fraction of sp³-hybridized carbons (Fsp3) is 0.0909. The zero-order valence-electron chi connectivity index (χ0n) is 8.87. The molecule has 0 aliphatic heterocycles. The SMILES string of the molecule is N#Cc1ccc(NCc2cn[nH]c2N)cc1Cl. The van der Waals surface area contributed by atoms with Gasteiger partial charge in [-0.15, -0.1) is 0 Å². The molecule has 6 heteroatoms. The van der Waals surface area contributed by atoms with Gasteiger partial charge in [-0.1, -0.05) is 11.6 Å². The van der Waals surface area contributed by atoms with Gasteiger partial charge in [0.05, 0.1) is 16.8 Å².